The van der Waals surface area contributed by atoms with Gasteiger partial charge in [0.2, 0.25) is 0 Å². The monoisotopic (exact) mass is 285 g/mol. The zero-order valence-electron chi connectivity index (χ0n) is 13.1. The van der Waals surface area contributed by atoms with E-state index in [2.05, 4.69) is 45.0 Å². The summed E-state index contributed by atoms with van der Waals surface area (Å²) >= 11 is 0. The van der Waals surface area contributed by atoms with Gasteiger partial charge in [0.15, 0.2) is 0 Å². The van der Waals surface area contributed by atoms with Crippen molar-refractivity contribution >= 4 is 0 Å². The SMILES string of the molecule is CC(C)(C)c1ccc(C(N)CCc2ccccc2F)cc1. The Morgan fingerprint density at radius 2 is 1.62 bits per heavy atom. The van der Waals surface area contributed by atoms with E-state index in [1.165, 1.54) is 11.6 Å². The van der Waals surface area contributed by atoms with Gasteiger partial charge in [-0.3, -0.25) is 0 Å². The van der Waals surface area contributed by atoms with Gasteiger partial charge in [-0.2, -0.15) is 0 Å². The highest BCUT2D eigenvalue weighted by Crippen LogP contribution is 2.25. The largest absolute Gasteiger partial charge is 0.324 e. The highest BCUT2D eigenvalue weighted by atomic mass is 19.1. The van der Waals surface area contributed by atoms with Gasteiger partial charge in [0.1, 0.15) is 5.82 Å². The van der Waals surface area contributed by atoms with E-state index in [9.17, 15) is 4.39 Å². The standard InChI is InChI=1S/C19H24FN/c1-19(2,3)16-11-8-15(9-12-16)18(21)13-10-14-6-4-5-7-17(14)20/h4-9,11-12,18H,10,13,21H2,1-3H3. The van der Waals surface area contributed by atoms with Crippen LogP contribution in [0.25, 0.3) is 0 Å². The fourth-order valence-electron chi connectivity index (χ4n) is 2.41. The lowest BCUT2D eigenvalue weighted by atomic mass is 9.86. The molecule has 0 aliphatic rings. The Morgan fingerprint density at radius 3 is 2.19 bits per heavy atom. The van der Waals surface area contributed by atoms with Gasteiger partial charge >= 0.3 is 0 Å². The summed E-state index contributed by atoms with van der Waals surface area (Å²) in [6.45, 7) is 6.58. The summed E-state index contributed by atoms with van der Waals surface area (Å²) in [4.78, 5) is 0. The Bertz CT molecular complexity index is 581. The maximum Gasteiger partial charge on any atom is 0.126 e. The molecule has 2 heteroatoms. The molecule has 0 aromatic heterocycles. The van der Waals surface area contributed by atoms with Crippen LogP contribution in [0.4, 0.5) is 4.39 Å². The van der Waals surface area contributed by atoms with Crippen LogP contribution in [-0.2, 0) is 11.8 Å². The summed E-state index contributed by atoms with van der Waals surface area (Å²) in [5.74, 6) is -0.146. The fraction of sp³-hybridized carbons (Fsp3) is 0.368. The van der Waals surface area contributed by atoms with Crippen molar-refractivity contribution in [3.63, 3.8) is 0 Å². The van der Waals surface area contributed by atoms with Crippen molar-refractivity contribution in [3.8, 4) is 0 Å². The average molecular weight is 285 g/mol. The molecule has 0 fully saturated rings. The first-order valence-corrected chi connectivity index (χ1v) is 7.47. The first kappa shape index (κ1) is 15.7. The minimum atomic E-state index is -0.146. The molecule has 0 radical (unpaired) electrons. The number of rotatable bonds is 4. The molecule has 2 aromatic carbocycles. The molecule has 1 nitrogen and oxygen atoms in total. The van der Waals surface area contributed by atoms with Crippen LogP contribution in [-0.4, -0.2) is 0 Å². The molecule has 0 aliphatic carbocycles. The van der Waals surface area contributed by atoms with Crippen LogP contribution >= 0.6 is 0 Å². The van der Waals surface area contributed by atoms with Crippen molar-refractivity contribution in [1.82, 2.24) is 0 Å². The zero-order valence-corrected chi connectivity index (χ0v) is 13.1. The van der Waals surface area contributed by atoms with E-state index in [0.29, 0.717) is 6.42 Å². The van der Waals surface area contributed by atoms with E-state index in [0.717, 1.165) is 17.5 Å². The van der Waals surface area contributed by atoms with Crippen molar-refractivity contribution in [3.05, 3.63) is 71.0 Å². The second-order valence-electron chi connectivity index (χ2n) is 6.61. The molecule has 0 bridgehead atoms. The maximum absolute atomic E-state index is 13.6. The summed E-state index contributed by atoms with van der Waals surface area (Å²) in [6.07, 6.45) is 1.41. The average Bonchev–Trinajstić information content (AvgIpc) is 2.45. The van der Waals surface area contributed by atoms with E-state index in [4.69, 9.17) is 5.73 Å². The summed E-state index contributed by atoms with van der Waals surface area (Å²) in [6, 6.07) is 15.3. The number of benzene rings is 2. The number of hydrogen-bond donors (Lipinski definition) is 1. The Morgan fingerprint density at radius 1 is 1.00 bits per heavy atom. The molecule has 112 valence electrons. The summed E-state index contributed by atoms with van der Waals surface area (Å²) in [5.41, 5.74) is 9.52. The van der Waals surface area contributed by atoms with Crippen LogP contribution in [0.3, 0.4) is 0 Å². The number of halogens is 1. The van der Waals surface area contributed by atoms with Gasteiger partial charge in [0, 0.05) is 6.04 Å². The van der Waals surface area contributed by atoms with Gasteiger partial charge in [-0.1, -0.05) is 63.2 Å². The van der Waals surface area contributed by atoms with Crippen LogP contribution < -0.4 is 5.73 Å². The van der Waals surface area contributed by atoms with E-state index < -0.39 is 0 Å². The van der Waals surface area contributed by atoms with Crippen molar-refractivity contribution in [2.45, 2.75) is 45.1 Å². The van der Waals surface area contributed by atoms with Gasteiger partial charge in [0.05, 0.1) is 0 Å². The lowest BCUT2D eigenvalue weighted by molar-refractivity contribution is 0.582. The van der Waals surface area contributed by atoms with Crippen molar-refractivity contribution in [2.24, 2.45) is 5.73 Å². The van der Waals surface area contributed by atoms with Crippen LogP contribution in [0, 0.1) is 5.82 Å². The molecule has 0 saturated carbocycles. The molecular weight excluding hydrogens is 261 g/mol. The van der Waals surface area contributed by atoms with Crippen LogP contribution in [0.2, 0.25) is 0 Å². The predicted molar refractivity (Wildman–Crippen MR) is 86.8 cm³/mol. The van der Waals surface area contributed by atoms with Gasteiger partial charge in [-0.25, -0.2) is 4.39 Å². The minimum absolute atomic E-state index is 0.0568. The highest BCUT2D eigenvalue weighted by Gasteiger charge is 2.14. The molecule has 0 spiro atoms. The molecule has 0 heterocycles. The van der Waals surface area contributed by atoms with Crippen LogP contribution in [0.1, 0.15) is 49.9 Å². The Hall–Kier alpha value is -1.67. The fourth-order valence-corrected chi connectivity index (χ4v) is 2.41. The first-order chi connectivity index (χ1) is 9.88. The molecule has 2 N–H and O–H groups in total. The van der Waals surface area contributed by atoms with E-state index in [-0.39, 0.29) is 17.3 Å². The normalized spacial score (nSPS) is 13.2. The predicted octanol–water partition coefficient (Wildman–Crippen LogP) is 4.76. The van der Waals surface area contributed by atoms with Crippen molar-refractivity contribution in [2.75, 3.05) is 0 Å². The lowest BCUT2D eigenvalue weighted by Gasteiger charge is -2.20. The third-order valence-corrected chi connectivity index (χ3v) is 3.89. The van der Waals surface area contributed by atoms with Crippen molar-refractivity contribution in [1.29, 1.82) is 0 Å². The molecule has 21 heavy (non-hydrogen) atoms. The Labute approximate surface area is 127 Å². The van der Waals surface area contributed by atoms with E-state index in [1.807, 2.05) is 12.1 Å². The van der Waals surface area contributed by atoms with Crippen molar-refractivity contribution < 1.29 is 4.39 Å². The summed E-state index contributed by atoms with van der Waals surface area (Å²) < 4.78 is 13.6. The molecule has 0 aliphatic heterocycles. The van der Waals surface area contributed by atoms with Gasteiger partial charge in [-0.15, -0.1) is 0 Å². The number of aryl methyl sites for hydroxylation is 1. The molecule has 2 aromatic rings. The lowest BCUT2D eigenvalue weighted by Crippen LogP contribution is -2.14. The molecule has 0 amide bonds. The Balaban J connectivity index is 2.01. The molecular formula is C19H24FN. The molecule has 1 unspecified atom stereocenters. The first-order valence-electron chi connectivity index (χ1n) is 7.47. The van der Waals surface area contributed by atoms with E-state index >= 15 is 0 Å². The number of hydrogen-bond acceptors (Lipinski definition) is 1. The Kier molecular flexibility index (Phi) is 4.79. The quantitative estimate of drug-likeness (QED) is 0.861. The summed E-state index contributed by atoms with van der Waals surface area (Å²) in [5, 5.41) is 0. The molecule has 2 rings (SSSR count). The second-order valence-corrected chi connectivity index (χ2v) is 6.61. The van der Waals surface area contributed by atoms with Gasteiger partial charge in [0.25, 0.3) is 0 Å². The zero-order chi connectivity index (χ0) is 15.5. The van der Waals surface area contributed by atoms with Crippen LogP contribution in [0.15, 0.2) is 48.5 Å². The highest BCUT2D eigenvalue weighted by molar-refractivity contribution is 5.29. The third kappa shape index (κ3) is 4.15. The van der Waals surface area contributed by atoms with E-state index in [1.54, 1.807) is 6.07 Å². The van der Waals surface area contributed by atoms with Gasteiger partial charge < -0.3 is 5.73 Å². The second kappa shape index (κ2) is 6.40. The third-order valence-electron chi connectivity index (χ3n) is 3.89. The minimum Gasteiger partial charge on any atom is -0.324 e. The molecule has 1 atom stereocenters. The molecule has 0 saturated heterocycles. The smallest absolute Gasteiger partial charge is 0.126 e. The van der Waals surface area contributed by atoms with Gasteiger partial charge in [-0.05, 0) is 41.0 Å². The topological polar surface area (TPSA) is 26.0 Å². The maximum atomic E-state index is 13.6. The summed E-state index contributed by atoms with van der Waals surface area (Å²) in [7, 11) is 0. The van der Waals surface area contributed by atoms with Crippen LogP contribution in [0.5, 0.6) is 0 Å². The number of nitrogens with two attached hydrogens (primary N) is 1.